The van der Waals surface area contributed by atoms with Gasteiger partial charge in [-0.1, -0.05) is 24.6 Å². The second kappa shape index (κ2) is 6.77. The Kier molecular flexibility index (Phi) is 5.61. The quantitative estimate of drug-likeness (QED) is 0.756. The maximum Gasteiger partial charge on any atom is 0.129 e. The van der Waals surface area contributed by atoms with Crippen molar-refractivity contribution < 1.29 is 5.11 Å². The Balaban J connectivity index is 2.47. The van der Waals surface area contributed by atoms with Crippen LogP contribution in [-0.4, -0.2) is 34.7 Å². The van der Waals surface area contributed by atoms with Gasteiger partial charge in [0.1, 0.15) is 5.15 Å². The lowest BCUT2D eigenvalue weighted by atomic mass is 10.2. The van der Waals surface area contributed by atoms with Crippen LogP contribution in [0, 0.1) is 0 Å². The fraction of sp³-hybridized carbons (Fsp3) is 0.545. The Labute approximate surface area is 95.7 Å². The molecule has 84 valence electrons. The molecule has 0 amide bonds. The summed E-state index contributed by atoms with van der Waals surface area (Å²) in [5.74, 6) is 0. The van der Waals surface area contributed by atoms with Gasteiger partial charge in [0.25, 0.3) is 0 Å². The van der Waals surface area contributed by atoms with Gasteiger partial charge < -0.3 is 5.11 Å². The van der Waals surface area contributed by atoms with Gasteiger partial charge in [-0.2, -0.15) is 0 Å². The van der Waals surface area contributed by atoms with E-state index in [1.807, 2.05) is 6.07 Å². The van der Waals surface area contributed by atoms with E-state index >= 15 is 0 Å². The highest BCUT2D eigenvalue weighted by molar-refractivity contribution is 6.29. The van der Waals surface area contributed by atoms with Crippen molar-refractivity contribution in [2.45, 2.75) is 19.9 Å². The van der Waals surface area contributed by atoms with Crippen molar-refractivity contribution in [3.05, 3.63) is 29.0 Å². The van der Waals surface area contributed by atoms with Gasteiger partial charge in [-0.25, -0.2) is 4.98 Å². The van der Waals surface area contributed by atoms with E-state index in [0.29, 0.717) is 5.15 Å². The predicted molar refractivity (Wildman–Crippen MR) is 61.9 cm³/mol. The lowest BCUT2D eigenvalue weighted by Gasteiger charge is -2.19. The largest absolute Gasteiger partial charge is 0.396 e. The third-order valence-electron chi connectivity index (χ3n) is 2.27. The van der Waals surface area contributed by atoms with Gasteiger partial charge in [-0.15, -0.1) is 0 Å². The van der Waals surface area contributed by atoms with Gasteiger partial charge in [-0.3, -0.25) is 4.90 Å². The van der Waals surface area contributed by atoms with Crippen molar-refractivity contribution in [3.8, 4) is 0 Å². The molecule has 0 radical (unpaired) electrons. The van der Waals surface area contributed by atoms with Crippen molar-refractivity contribution in [1.82, 2.24) is 9.88 Å². The van der Waals surface area contributed by atoms with E-state index in [4.69, 9.17) is 16.7 Å². The molecule has 1 aromatic rings. The topological polar surface area (TPSA) is 36.4 Å². The van der Waals surface area contributed by atoms with Crippen LogP contribution in [0.1, 0.15) is 18.9 Å². The van der Waals surface area contributed by atoms with E-state index in [1.54, 1.807) is 12.3 Å². The minimum absolute atomic E-state index is 0.245. The molecule has 0 aliphatic heterocycles. The average molecular weight is 229 g/mol. The number of nitrogens with zero attached hydrogens (tertiary/aromatic N) is 2. The number of aromatic nitrogens is 1. The minimum Gasteiger partial charge on any atom is -0.396 e. The summed E-state index contributed by atoms with van der Waals surface area (Å²) >= 11 is 5.71. The van der Waals surface area contributed by atoms with Crippen LogP contribution < -0.4 is 0 Å². The summed E-state index contributed by atoms with van der Waals surface area (Å²) in [5, 5.41) is 9.28. The SMILES string of the molecule is CCN(CCCO)Cc1ccc(Cl)nc1. The van der Waals surface area contributed by atoms with E-state index in [1.165, 1.54) is 0 Å². The number of hydrogen-bond donors (Lipinski definition) is 1. The lowest BCUT2D eigenvalue weighted by Crippen LogP contribution is -2.24. The fourth-order valence-corrected chi connectivity index (χ4v) is 1.51. The van der Waals surface area contributed by atoms with Crippen LogP contribution in [0.4, 0.5) is 0 Å². The predicted octanol–water partition coefficient (Wildman–Crippen LogP) is 1.94. The molecule has 4 heteroatoms. The molecule has 0 bridgehead atoms. The highest BCUT2D eigenvalue weighted by Crippen LogP contribution is 2.08. The second-order valence-electron chi connectivity index (χ2n) is 3.44. The zero-order chi connectivity index (χ0) is 11.1. The lowest BCUT2D eigenvalue weighted by molar-refractivity contribution is 0.225. The van der Waals surface area contributed by atoms with Crippen LogP contribution >= 0.6 is 11.6 Å². The zero-order valence-electron chi connectivity index (χ0n) is 8.99. The molecule has 0 aromatic carbocycles. The second-order valence-corrected chi connectivity index (χ2v) is 3.82. The van der Waals surface area contributed by atoms with Crippen molar-refractivity contribution in [2.75, 3.05) is 19.7 Å². The smallest absolute Gasteiger partial charge is 0.129 e. The summed E-state index contributed by atoms with van der Waals surface area (Å²) in [6, 6.07) is 3.79. The molecule has 3 nitrogen and oxygen atoms in total. The Morgan fingerprint density at radius 1 is 1.47 bits per heavy atom. The maximum atomic E-state index is 8.76. The van der Waals surface area contributed by atoms with Crippen molar-refractivity contribution in [3.63, 3.8) is 0 Å². The summed E-state index contributed by atoms with van der Waals surface area (Å²) in [5.41, 5.74) is 1.15. The number of aliphatic hydroxyl groups excluding tert-OH is 1. The highest BCUT2D eigenvalue weighted by Gasteiger charge is 2.03. The molecule has 1 rings (SSSR count). The van der Waals surface area contributed by atoms with Crippen LogP contribution in [0.2, 0.25) is 5.15 Å². The standard InChI is InChI=1S/C11H17ClN2O/c1-2-14(6-3-7-15)9-10-4-5-11(12)13-8-10/h4-5,8,15H,2-3,6-7,9H2,1H3. The van der Waals surface area contributed by atoms with Crippen molar-refractivity contribution in [1.29, 1.82) is 0 Å². The Morgan fingerprint density at radius 2 is 2.27 bits per heavy atom. The van der Waals surface area contributed by atoms with E-state index in [2.05, 4.69) is 16.8 Å². The van der Waals surface area contributed by atoms with Crippen LogP contribution in [0.25, 0.3) is 0 Å². The summed E-state index contributed by atoms with van der Waals surface area (Å²) in [7, 11) is 0. The Bertz CT molecular complexity index is 276. The Hall–Kier alpha value is -0.640. The third kappa shape index (κ3) is 4.60. The fourth-order valence-electron chi connectivity index (χ4n) is 1.40. The van der Waals surface area contributed by atoms with Crippen LogP contribution in [0.3, 0.4) is 0 Å². The molecule has 1 aromatic heterocycles. The molecule has 0 saturated carbocycles. The molecule has 0 fully saturated rings. The number of halogens is 1. The average Bonchev–Trinajstić information content (AvgIpc) is 2.27. The van der Waals surface area contributed by atoms with Crippen LogP contribution in [0.15, 0.2) is 18.3 Å². The normalized spacial score (nSPS) is 10.9. The summed E-state index contributed by atoms with van der Waals surface area (Å²) < 4.78 is 0. The molecule has 0 unspecified atom stereocenters. The third-order valence-corrected chi connectivity index (χ3v) is 2.50. The van der Waals surface area contributed by atoms with Crippen molar-refractivity contribution >= 4 is 11.6 Å². The monoisotopic (exact) mass is 228 g/mol. The van der Waals surface area contributed by atoms with E-state index in [0.717, 1.165) is 31.6 Å². The van der Waals surface area contributed by atoms with Gasteiger partial charge in [-0.05, 0) is 24.6 Å². The maximum absolute atomic E-state index is 8.76. The van der Waals surface area contributed by atoms with E-state index < -0.39 is 0 Å². The first-order valence-corrected chi connectivity index (χ1v) is 5.57. The molecular formula is C11H17ClN2O. The highest BCUT2D eigenvalue weighted by atomic mass is 35.5. The van der Waals surface area contributed by atoms with Gasteiger partial charge in [0.2, 0.25) is 0 Å². The van der Waals surface area contributed by atoms with Gasteiger partial charge in [0, 0.05) is 25.9 Å². The zero-order valence-corrected chi connectivity index (χ0v) is 9.74. The van der Waals surface area contributed by atoms with Gasteiger partial charge in [0.05, 0.1) is 0 Å². The molecule has 0 aliphatic rings. The first kappa shape index (κ1) is 12.4. The number of rotatable bonds is 6. The molecule has 1 N–H and O–H groups in total. The number of hydrogen-bond acceptors (Lipinski definition) is 3. The molecule has 1 heterocycles. The first-order chi connectivity index (χ1) is 7.26. The van der Waals surface area contributed by atoms with Gasteiger partial charge >= 0.3 is 0 Å². The Morgan fingerprint density at radius 3 is 2.80 bits per heavy atom. The summed E-state index contributed by atoms with van der Waals surface area (Å²) in [6.07, 6.45) is 2.61. The molecule has 0 saturated heterocycles. The summed E-state index contributed by atoms with van der Waals surface area (Å²) in [6.45, 7) is 5.11. The minimum atomic E-state index is 0.245. The van der Waals surface area contributed by atoms with Crippen molar-refractivity contribution in [2.24, 2.45) is 0 Å². The molecular weight excluding hydrogens is 212 g/mol. The number of pyridine rings is 1. The van der Waals surface area contributed by atoms with E-state index in [9.17, 15) is 0 Å². The van der Waals surface area contributed by atoms with Crippen LogP contribution in [0.5, 0.6) is 0 Å². The number of aliphatic hydroxyl groups is 1. The molecule has 15 heavy (non-hydrogen) atoms. The molecule has 0 atom stereocenters. The van der Waals surface area contributed by atoms with Gasteiger partial charge in [0.15, 0.2) is 0 Å². The molecule has 0 spiro atoms. The van der Waals surface area contributed by atoms with E-state index in [-0.39, 0.29) is 6.61 Å². The first-order valence-electron chi connectivity index (χ1n) is 5.20. The molecule has 0 aliphatic carbocycles. The summed E-state index contributed by atoms with van der Waals surface area (Å²) in [4.78, 5) is 6.30. The van der Waals surface area contributed by atoms with Crippen LogP contribution in [-0.2, 0) is 6.54 Å².